The molecule has 0 aliphatic carbocycles. The van der Waals surface area contributed by atoms with Crippen LogP contribution in [0.2, 0.25) is 0 Å². The average molecular weight is 345 g/mol. The van der Waals surface area contributed by atoms with Crippen LogP contribution in [0.5, 0.6) is 0 Å². The van der Waals surface area contributed by atoms with Gasteiger partial charge in [-0.3, -0.25) is 9.36 Å². The van der Waals surface area contributed by atoms with Crippen LogP contribution in [-0.2, 0) is 29.5 Å². The second-order valence-electron chi connectivity index (χ2n) is 6.38. The van der Waals surface area contributed by atoms with E-state index >= 15 is 0 Å². The van der Waals surface area contributed by atoms with Crippen molar-refractivity contribution in [3.63, 3.8) is 0 Å². The molecule has 8 nitrogen and oxygen atoms in total. The van der Waals surface area contributed by atoms with Crippen molar-refractivity contribution in [1.82, 2.24) is 14.7 Å². The fourth-order valence-corrected chi connectivity index (χ4v) is 3.07. The Balaban J connectivity index is 1.91. The van der Waals surface area contributed by atoms with Crippen molar-refractivity contribution in [3.05, 3.63) is 11.9 Å². The topological polar surface area (TPSA) is 101 Å². The highest BCUT2D eigenvalue weighted by atomic mass is 16.7. The summed E-state index contributed by atoms with van der Waals surface area (Å²) in [4.78, 5) is 0. The number of nitrogens with zero attached hydrogens (tertiary/aromatic N) is 2. The first-order valence-corrected chi connectivity index (χ1v) is 8.63. The van der Waals surface area contributed by atoms with E-state index in [0.29, 0.717) is 6.54 Å². The monoisotopic (exact) mass is 345 g/mol. The average Bonchev–Trinajstić information content (AvgIpc) is 2.58. The molecular weight excluding hydrogens is 314 g/mol. The Morgan fingerprint density at radius 2 is 1.96 bits per heavy atom. The fraction of sp³-hybridized carbons (Fsp3) is 0.875. The summed E-state index contributed by atoms with van der Waals surface area (Å²) in [6.45, 7) is 4.55. The lowest BCUT2D eigenvalue weighted by atomic mass is 9.98. The third-order valence-electron chi connectivity index (χ3n) is 4.52. The maximum atomic E-state index is 10.2. The van der Waals surface area contributed by atoms with E-state index in [1.54, 1.807) is 0 Å². The van der Waals surface area contributed by atoms with Gasteiger partial charge in [0, 0.05) is 20.4 Å². The first-order valence-electron chi connectivity index (χ1n) is 8.63. The minimum Gasteiger partial charge on any atom is -0.388 e. The number of aliphatic hydroxyl groups is 3. The SMILES string of the molecule is CCCNCCCc1cn(C)n1CC1OC(OC)C(O)C(O)C1O. The first-order chi connectivity index (χ1) is 11.5. The first kappa shape index (κ1) is 19.4. The molecule has 0 radical (unpaired) electrons. The molecule has 1 aliphatic rings. The molecule has 8 heteroatoms. The molecule has 5 unspecified atom stereocenters. The fourth-order valence-electron chi connectivity index (χ4n) is 3.07. The molecule has 140 valence electrons. The Morgan fingerprint density at radius 1 is 1.21 bits per heavy atom. The van der Waals surface area contributed by atoms with Crippen LogP contribution in [0.4, 0.5) is 0 Å². The molecule has 4 N–H and O–H groups in total. The summed E-state index contributed by atoms with van der Waals surface area (Å²) in [5, 5.41) is 33.3. The van der Waals surface area contributed by atoms with Crippen LogP contribution >= 0.6 is 0 Å². The highest BCUT2D eigenvalue weighted by Gasteiger charge is 2.44. The van der Waals surface area contributed by atoms with E-state index in [0.717, 1.165) is 32.4 Å². The van der Waals surface area contributed by atoms with Gasteiger partial charge in [0.05, 0.1) is 12.2 Å². The number of aliphatic hydroxyl groups excluding tert-OH is 3. The minimum absolute atomic E-state index is 0.398. The van der Waals surface area contributed by atoms with E-state index in [9.17, 15) is 15.3 Å². The maximum Gasteiger partial charge on any atom is 0.186 e. The molecule has 0 bridgehead atoms. The Labute approximate surface area is 143 Å². The van der Waals surface area contributed by atoms with Crippen molar-refractivity contribution in [2.75, 3.05) is 20.2 Å². The van der Waals surface area contributed by atoms with Crippen LogP contribution in [0.25, 0.3) is 0 Å². The molecule has 2 heterocycles. The molecule has 0 aromatic carbocycles. The molecule has 1 aromatic heterocycles. The zero-order valence-electron chi connectivity index (χ0n) is 14.8. The predicted molar refractivity (Wildman–Crippen MR) is 88.6 cm³/mol. The zero-order chi connectivity index (χ0) is 17.7. The van der Waals surface area contributed by atoms with Crippen molar-refractivity contribution in [2.24, 2.45) is 7.05 Å². The number of aryl methyl sites for hydroxylation is 2. The lowest BCUT2D eigenvalue weighted by molar-refractivity contribution is -0.292. The van der Waals surface area contributed by atoms with Crippen molar-refractivity contribution in [3.8, 4) is 0 Å². The van der Waals surface area contributed by atoms with Crippen molar-refractivity contribution in [2.45, 2.75) is 63.4 Å². The van der Waals surface area contributed by atoms with Crippen molar-refractivity contribution < 1.29 is 24.8 Å². The second kappa shape index (κ2) is 8.98. The lowest BCUT2D eigenvalue weighted by Gasteiger charge is -2.41. The highest BCUT2D eigenvalue weighted by Crippen LogP contribution is 2.23. The van der Waals surface area contributed by atoms with Gasteiger partial charge in [-0.1, -0.05) is 6.92 Å². The van der Waals surface area contributed by atoms with E-state index in [4.69, 9.17) is 9.47 Å². The van der Waals surface area contributed by atoms with Crippen molar-refractivity contribution in [1.29, 1.82) is 0 Å². The van der Waals surface area contributed by atoms with Gasteiger partial charge in [0.1, 0.15) is 24.4 Å². The quantitative estimate of drug-likeness (QED) is 0.438. The van der Waals surface area contributed by atoms with Gasteiger partial charge in [0.2, 0.25) is 0 Å². The third kappa shape index (κ3) is 4.38. The van der Waals surface area contributed by atoms with Gasteiger partial charge in [-0.15, -0.1) is 0 Å². The lowest BCUT2D eigenvalue weighted by Crippen LogP contribution is -2.59. The van der Waals surface area contributed by atoms with Gasteiger partial charge >= 0.3 is 0 Å². The Morgan fingerprint density at radius 3 is 2.58 bits per heavy atom. The summed E-state index contributed by atoms with van der Waals surface area (Å²) in [6.07, 6.45) is -0.135. The summed E-state index contributed by atoms with van der Waals surface area (Å²) >= 11 is 0. The molecule has 0 amide bonds. The van der Waals surface area contributed by atoms with Crippen LogP contribution < -0.4 is 5.32 Å². The number of methoxy groups -OCH3 is 1. The van der Waals surface area contributed by atoms with Crippen LogP contribution in [0.15, 0.2) is 6.20 Å². The van der Waals surface area contributed by atoms with Gasteiger partial charge in [-0.2, -0.15) is 0 Å². The van der Waals surface area contributed by atoms with Gasteiger partial charge in [-0.05, 0) is 32.4 Å². The largest absolute Gasteiger partial charge is 0.388 e. The molecule has 0 spiro atoms. The molecule has 1 fully saturated rings. The highest BCUT2D eigenvalue weighted by molar-refractivity contribution is 5.02. The van der Waals surface area contributed by atoms with E-state index in [1.165, 1.54) is 12.8 Å². The normalized spacial score (nSPS) is 30.8. The predicted octanol–water partition coefficient (Wildman–Crippen LogP) is -0.787. The van der Waals surface area contributed by atoms with Gasteiger partial charge < -0.3 is 30.1 Å². The standard InChI is InChI=1S/C16H31N3O5/c1-4-7-17-8-5-6-11-9-18(2)19(11)10-12-13(20)14(21)15(22)16(23-3)24-12/h9,12-17,20-22H,4-8,10H2,1-3H3. The van der Waals surface area contributed by atoms with Crippen molar-refractivity contribution >= 4 is 0 Å². The Kier molecular flexibility index (Phi) is 7.27. The van der Waals surface area contributed by atoms with Gasteiger partial charge in [0.25, 0.3) is 0 Å². The Hall–Kier alpha value is -0.900. The van der Waals surface area contributed by atoms with E-state index < -0.39 is 30.7 Å². The molecule has 2 rings (SSSR count). The van der Waals surface area contributed by atoms with E-state index in [1.807, 2.05) is 22.6 Å². The molecule has 1 saturated heterocycles. The van der Waals surface area contributed by atoms with Gasteiger partial charge in [-0.25, -0.2) is 0 Å². The number of hydrogen-bond donors (Lipinski definition) is 4. The minimum atomic E-state index is -1.29. The summed E-state index contributed by atoms with van der Waals surface area (Å²) in [7, 11) is 3.33. The Bertz CT molecular complexity index is 488. The van der Waals surface area contributed by atoms with E-state index in [-0.39, 0.29) is 0 Å². The molecule has 0 saturated carbocycles. The number of aromatic nitrogens is 2. The van der Waals surface area contributed by atoms with Crippen LogP contribution in [0, 0.1) is 0 Å². The van der Waals surface area contributed by atoms with E-state index in [2.05, 4.69) is 12.2 Å². The molecular formula is C16H31N3O5. The summed E-state index contributed by atoms with van der Waals surface area (Å²) in [6, 6.07) is 0. The van der Waals surface area contributed by atoms with Crippen LogP contribution in [0.3, 0.4) is 0 Å². The zero-order valence-corrected chi connectivity index (χ0v) is 14.8. The van der Waals surface area contributed by atoms with Crippen LogP contribution in [0.1, 0.15) is 25.5 Å². The second-order valence-corrected chi connectivity index (χ2v) is 6.38. The maximum absolute atomic E-state index is 10.2. The summed E-state index contributed by atoms with van der Waals surface area (Å²) in [5.74, 6) is 0. The van der Waals surface area contributed by atoms with Gasteiger partial charge in [0.15, 0.2) is 6.29 Å². The molecule has 1 aromatic rings. The number of ether oxygens (including phenoxy) is 2. The number of hydrogen-bond acceptors (Lipinski definition) is 6. The number of nitrogens with one attached hydrogen (secondary N) is 1. The molecule has 24 heavy (non-hydrogen) atoms. The molecule has 5 atom stereocenters. The third-order valence-corrected chi connectivity index (χ3v) is 4.52. The smallest absolute Gasteiger partial charge is 0.186 e. The molecule has 1 aliphatic heterocycles. The summed E-state index contributed by atoms with van der Waals surface area (Å²) < 4.78 is 14.6. The summed E-state index contributed by atoms with van der Waals surface area (Å²) in [5.41, 5.74) is 1.17. The van der Waals surface area contributed by atoms with Crippen LogP contribution in [-0.4, -0.2) is 75.6 Å². The number of rotatable bonds is 9.